The van der Waals surface area contributed by atoms with Crippen LogP contribution in [0.5, 0.6) is 0 Å². The van der Waals surface area contributed by atoms with Gasteiger partial charge in [-0.15, -0.1) is 0 Å². The molecule has 1 rings (SSSR count). The molecule has 0 radical (unpaired) electrons. The minimum atomic E-state index is -0.422. The number of hydrogen-bond acceptors (Lipinski definition) is 2. The highest BCUT2D eigenvalue weighted by atomic mass is 79.9. The first-order valence-corrected chi connectivity index (χ1v) is 7.03. The Hall–Kier alpha value is -0.940. The van der Waals surface area contributed by atoms with E-state index in [9.17, 15) is 9.18 Å². The third-order valence-electron chi connectivity index (χ3n) is 3.47. The Kier molecular flexibility index (Phi) is 5.50. The van der Waals surface area contributed by atoms with E-state index in [0.717, 1.165) is 5.56 Å². The van der Waals surface area contributed by atoms with Crippen LogP contribution in [0.1, 0.15) is 26.3 Å². The number of hydrogen-bond donors (Lipinski definition) is 2. The van der Waals surface area contributed by atoms with E-state index in [1.165, 1.54) is 6.07 Å². The van der Waals surface area contributed by atoms with Crippen molar-refractivity contribution in [3.8, 4) is 0 Å². The van der Waals surface area contributed by atoms with Crippen LogP contribution in [0.25, 0.3) is 0 Å². The van der Waals surface area contributed by atoms with Gasteiger partial charge in [-0.05, 0) is 46.5 Å². The molecule has 0 heterocycles. The minimum Gasteiger partial charge on any atom is -0.349 e. The summed E-state index contributed by atoms with van der Waals surface area (Å²) < 4.78 is 13.5. The molecule has 5 heteroatoms. The van der Waals surface area contributed by atoms with Gasteiger partial charge in [0.05, 0.1) is 16.4 Å². The number of nitrogens with two attached hydrogens (primary N) is 1. The summed E-state index contributed by atoms with van der Waals surface area (Å²) in [5.41, 5.74) is 6.06. The van der Waals surface area contributed by atoms with Crippen LogP contribution in [0, 0.1) is 11.7 Å². The predicted octanol–water partition coefficient (Wildman–Crippen LogP) is 2.62. The Morgan fingerprint density at radius 3 is 2.63 bits per heavy atom. The van der Waals surface area contributed by atoms with Crippen LogP contribution < -0.4 is 11.1 Å². The van der Waals surface area contributed by atoms with Gasteiger partial charge < -0.3 is 11.1 Å². The summed E-state index contributed by atoms with van der Waals surface area (Å²) in [5.74, 6) is -0.209. The Balaban J connectivity index is 2.72. The average Bonchev–Trinajstić information content (AvgIpc) is 2.33. The van der Waals surface area contributed by atoms with Crippen molar-refractivity contribution in [3.05, 3.63) is 34.1 Å². The summed E-state index contributed by atoms with van der Waals surface area (Å²) in [5, 5.41) is 2.95. The summed E-state index contributed by atoms with van der Waals surface area (Å²) in [6.07, 6.45) is 0.210. The predicted molar refractivity (Wildman–Crippen MR) is 78.2 cm³/mol. The van der Waals surface area contributed by atoms with E-state index in [-0.39, 0.29) is 24.1 Å². The zero-order valence-corrected chi connectivity index (χ0v) is 13.1. The smallest absolute Gasteiger partial charge is 0.224 e. The molecule has 1 atom stereocenters. The summed E-state index contributed by atoms with van der Waals surface area (Å²) in [7, 11) is 0. The van der Waals surface area contributed by atoms with Crippen LogP contribution in [0.4, 0.5) is 4.39 Å². The zero-order chi connectivity index (χ0) is 14.6. The Morgan fingerprint density at radius 1 is 1.53 bits per heavy atom. The third-order valence-corrected chi connectivity index (χ3v) is 4.08. The van der Waals surface area contributed by atoms with E-state index in [1.807, 2.05) is 20.8 Å². The first-order valence-electron chi connectivity index (χ1n) is 6.23. The average molecular weight is 331 g/mol. The maximum atomic E-state index is 13.1. The second-order valence-corrected chi connectivity index (χ2v) is 6.10. The molecule has 0 aromatic heterocycles. The first kappa shape index (κ1) is 16.1. The van der Waals surface area contributed by atoms with Crippen molar-refractivity contribution in [2.75, 3.05) is 6.54 Å². The Bertz CT molecular complexity index is 465. The molecule has 106 valence electrons. The lowest BCUT2D eigenvalue weighted by Gasteiger charge is -2.33. The van der Waals surface area contributed by atoms with Gasteiger partial charge in [0.1, 0.15) is 5.82 Å². The molecule has 3 nitrogen and oxygen atoms in total. The molecule has 1 aromatic carbocycles. The topological polar surface area (TPSA) is 55.1 Å². The minimum absolute atomic E-state index is 0.111. The van der Waals surface area contributed by atoms with E-state index in [4.69, 9.17) is 5.73 Å². The molecule has 0 aliphatic rings. The fraction of sp³-hybridized carbons (Fsp3) is 0.500. The van der Waals surface area contributed by atoms with E-state index in [1.54, 1.807) is 12.1 Å². The molecule has 0 aliphatic carbocycles. The highest BCUT2D eigenvalue weighted by Gasteiger charge is 2.28. The summed E-state index contributed by atoms with van der Waals surface area (Å²) in [6, 6.07) is 4.57. The third kappa shape index (κ3) is 4.28. The van der Waals surface area contributed by atoms with Gasteiger partial charge in [0.25, 0.3) is 0 Å². The SMILES string of the molecule is CC(C)C(C)(CN)NC(=O)Cc1ccc(F)c(Br)c1. The summed E-state index contributed by atoms with van der Waals surface area (Å²) >= 11 is 3.11. The lowest BCUT2D eigenvalue weighted by molar-refractivity contribution is -0.122. The van der Waals surface area contributed by atoms with Crippen molar-refractivity contribution in [1.82, 2.24) is 5.32 Å². The quantitative estimate of drug-likeness (QED) is 0.871. The van der Waals surface area contributed by atoms with Crippen LogP contribution in [0.2, 0.25) is 0 Å². The van der Waals surface area contributed by atoms with E-state index >= 15 is 0 Å². The van der Waals surface area contributed by atoms with Gasteiger partial charge in [-0.1, -0.05) is 19.9 Å². The fourth-order valence-corrected chi connectivity index (χ4v) is 2.05. The van der Waals surface area contributed by atoms with Crippen molar-refractivity contribution in [1.29, 1.82) is 0 Å². The van der Waals surface area contributed by atoms with Gasteiger partial charge in [0.15, 0.2) is 0 Å². The number of nitrogens with one attached hydrogen (secondary N) is 1. The molecule has 19 heavy (non-hydrogen) atoms. The molecule has 1 aromatic rings. The van der Waals surface area contributed by atoms with Gasteiger partial charge in [0.2, 0.25) is 5.91 Å². The van der Waals surface area contributed by atoms with Crippen LogP contribution in [0.3, 0.4) is 0 Å². The van der Waals surface area contributed by atoms with E-state index < -0.39 is 5.54 Å². The van der Waals surface area contributed by atoms with Crippen molar-refractivity contribution < 1.29 is 9.18 Å². The van der Waals surface area contributed by atoms with Crippen molar-refractivity contribution in [2.24, 2.45) is 11.7 Å². The number of rotatable bonds is 5. The van der Waals surface area contributed by atoms with Crippen molar-refractivity contribution in [2.45, 2.75) is 32.7 Å². The molecule has 1 amide bonds. The lowest BCUT2D eigenvalue weighted by atomic mass is 9.88. The van der Waals surface area contributed by atoms with Crippen LogP contribution >= 0.6 is 15.9 Å². The van der Waals surface area contributed by atoms with Crippen molar-refractivity contribution >= 4 is 21.8 Å². The number of carbonyl (C=O) groups excluding carboxylic acids is 1. The van der Waals surface area contributed by atoms with Crippen LogP contribution in [-0.4, -0.2) is 18.0 Å². The molecule has 0 fully saturated rings. The molecule has 1 unspecified atom stereocenters. The number of amides is 1. The lowest BCUT2D eigenvalue weighted by Crippen LogP contribution is -2.55. The molecule has 3 N–H and O–H groups in total. The number of carbonyl (C=O) groups is 1. The highest BCUT2D eigenvalue weighted by Crippen LogP contribution is 2.18. The summed E-state index contributed by atoms with van der Waals surface area (Å²) in [4.78, 5) is 12.0. The standard InChI is InChI=1S/C14H20BrFN2O/c1-9(2)14(3,8-17)18-13(19)7-10-4-5-12(16)11(15)6-10/h4-6,9H,7-8,17H2,1-3H3,(H,18,19). The fourth-order valence-electron chi connectivity index (χ4n) is 1.63. The Morgan fingerprint density at radius 2 is 2.16 bits per heavy atom. The van der Waals surface area contributed by atoms with E-state index in [2.05, 4.69) is 21.2 Å². The molecular formula is C14H20BrFN2O. The van der Waals surface area contributed by atoms with Crippen molar-refractivity contribution in [3.63, 3.8) is 0 Å². The number of halogens is 2. The van der Waals surface area contributed by atoms with Gasteiger partial charge in [-0.3, -0.25) is 4.79 Å². The zero-order valence-electron chi connectivity index (χ0n) is 11.5. The molecule has 0 saturated carbocycles. The molecule has 0 spiro atoms. The molecule has 0 saturated heterocycles. The second kappa shape index (κ2) is 6.48. The second-order valence-electron chi connectivity index (χ2n) is 5.25. The maximum Gasteiger partial charge on any atom is 0.224 e. The van der Waals surface area contributed by atoms with Gasteiger partial charge in [0, 0.05) is 6.54 Å². The van der Waals surface area contributed by atoms with Gasteiger partial charge >= 0.3 is 0 Å². The monoisotopic (exact) mass is 330 g/mol. The maximum absolute atomic E-state index is 13.1. The molecule has 0 aliphatic heterocycles. The molecular weight excluding hydrogens is 311 g/mol. The van der Waals surface area contributed by atoms with Crippen LogP contribution in [0.15, 0.2) is 22.7 Å². The van der Waals surface area contributed by atoms with E-state index in [0.29, 0.717) is 11.0 Å². The first-order chi connectivity index (χ1) is 8.78. The molecule has 0 bridgehead atoms. The van der Waals surface area contributed by atoms with Gasteiger partial charge in [-0.25, -0.2) is 4.39 Å². The highest BCUT2D eigenvalue weighted by molar-refractivity contribution is 9.10. The normalized spacial score (nSPS) is 14.3. The Labute approximate surface area is 121 Å². The van der Waals surface area contributed by atoms with Crippen LogP contribution in [-0.2, 0) is 11.2 Å². The summed E-state index contributed by atoms with van der Waals surface area (Å²) in [6.45, 7) is 6.34. The largest absolute Gasteiger partial charge is 0.349 e. The number of benzene rings is 1. The van der Waals surface area contributed by atoms with Gasteiger partial charge in [-0.2, -0.15) is 0 Å².